The Kier molecular flexibility index (Phi) is 4.53. The fraction of sp³-hybridized carbons (Fsp3) is 0.964. The second-order valence-electron chi connectivity index (χ2n) is 14.0. The van der Waals surface area contributed by atoms with Crippen LogP contribution in [0, 0.1) is 50.7 Å². The molecule has 33 heavy (non-hydrogen) atoms. The minimum atomic E-state index is -0.564. The second-order valence-corrected chi connectivity index (χ2v) is 14.0. The first-order valence-electron chi connectivity index (χ1n) is 13.5. The fourth-order valence-electron chi connectivity index (χ4n) is 11.6. The van der Waals surface area contributed by atoms with Gasteiger partial charge in [0, 0.05) is 5.41 Å². The van der Waals surface area contributed by atoms with Crippen molar-refractivity contribution in [1.29, 1.82) is 0 Å². The molecule has 0 radical (unpaired) electrons. The van der Waals surface area contributed by atoms with Crippen LogP contribution in [-0.2, 0) is 14.3 Å². The lowest BCUT2D eigenvalue weighted by atomic mass is 9.41. The third kappa shape index (κ3) is 2.34. The highest BCUT2D eigenvalue weighted by Gasteiger charge is 2.84. The topological polar surface area (TPSA) is 76.0 Å². The average Bonchev–Trinajstić information content (AvgIpc) is 3.41. The number of aliphatic hydroxyl groups excluding tert-OH is 2. The molecule has 5 heteroatoms. The van der Waals surface area contributed by atoms with Gasteiger partial charge in [0.25, 0.3) is 0 Å². The van der Waals surface area contributed by atoms with Gasteiger partial charge in [-0.1, -0.05) is 34.6 Å². The molecule has 0 aromatic heterocycles. The Hall–Kier alpha value is -0.650. The number of esters is 1. The molecule has 0 aromatic rings. The molecule has 5 nitrogen and oxygen atoms in total. The minimum absolute atomic E-state index is 0.00776. The second kappa shape index (κ2) is 6.56. The van der Waals surface area contributed by atoms with Gasteiger partial charge in [0.05, 0.1) is 25.4 Å². The van der Waals surface area contributed by atoms with Crippen LogP contribution in [0.3, 0.4) is 0 Å². The number of carbonyl (C=O) groups excluding carboxylic acids is 1. The van der Waals surface area contributed by atoms with Crippen LogP contribution in [0.5, 0.6) is 0 Å². The van der Waals surface area contributed by atoms with E-state index in [1.54, 1.807) is 0 Å². The first-order valence-corrected chi connectivity index (χ1v) is 13.5. The van der Waals surface area contributed by atoms with Crippen LogP contribution >= 0.6 is 0 Å². The molecular formula is C28H44O5. The third-order valence-corrected chi connectivity index (χ3v) is 13.2. The van der Waals surface area contributed by atoms with Crippen LogP contribution in [0.2, 0.25) is 0 Å². The maximum absolute atomic E-state index is 12.4. The maximum Gasteiger partial charge on any atom is 0.334 e. The summed E-state index contributed by atoms with van der Waals surface area (Å²) < 4.78 is 11.4. The van der Waals surface area contributed by atoms with E-state index in [0.717, 1.165) is 32.1 Å². The van der Waals surface area contributed by atoms with Crippen molar-refractivity contribution in [2.75, 3.05) is 7.11 Å². The van der Waals surface area contributed by atoms with E-state index in [0.29, 0.717) is 35.0 Å². The summed E-state index contributed by atoms with van der Waals surface area (Å²) in [5.74, 6) is 1.35. The molecule has 6 aliphatic rings. The smallest absolute Gasteiger partial charge is 0.334 e. The number of aliphatic hydroxyl groups is 2. The van der Waals surface area contributed by atoms with Crippen molar-refractivity contribution in [1.82, 2.24) is 0 Å². The van der Waals surface area contributed by atoms with Crippen molar-refractivity contribution < 1.29 is 24.5 Å². The zero-order valence-corrected chi connectivity index (χ0v) is 21.4. The molecular weight excluding hydrogens is 416 g/mol. The lowest BCUT2D eigenvalue weighted by Gasteiger charge is -2.63. The number of methoxy groups -OCH3 is 1. The fourth-order valence-corrected chi connectivity index (χ4v) is 11.6. The molecule has 5 saturated carbocycles. The molecule has 186 valence electrons. The molecule has 1 saturated heterocycles. The van der Waals surface area contributed by atoms with E-state index in [-0.39, 0.29) is 40.3 Å². The number of ether oxygens (including phenoxy) is 2. The predicted molar refractivity (Wildman–Crippen MR) is 124 cm³/mol. The van der Waals surface area contributed by atoms with Crippen molar-refractivity contribution in [3.63, 3.8) is 0 Å². The van der Waals surface area contributed by atoms with Crippen molar-refractivity contribution in [2.45, 2.75) is 110 Å². The van der Waals surface area contributed by atoms with Crippen molar-refractivity contribution in [3.8, 4) is 0 Å². The first kappa shape index (κ1) is 22.8. The number of carbonyl (C=O) groups is 1. The summed E-state index contributed by atoms with van der Waals surface area (Å²) >= 11 is 0. The van der Waals surface area contributed by atoms with Crippen LogP contribution in [0.4, 0.5) is 0 Å². The summed E-state index contributed by atoms with van der Waals surface area (Å²) in [7, 11) is 1.42. The van der Waals surface area contributed by atoms with E-state index in [2.05, 4.69) is 34.6 Å². The predicted octanol–water partition coefficient (Wildman–Crippen LogP) is 4.33. The van der Waals surface area contributed by atoms with Gasteiger partial charge in [-0.05, 0) is 96.7 Å². The Bertz CT molecular complexity index is 870. The Labute approximate surface area is 199 Å². The van der Waals surface area contributed by atoms with E-state index in [1.165, 1.54) is 20.0 Å². The Morgan fingerprint density at radius 3 is 2.33 bits per heavy atom. The number of hydrogen-bond acceptors (Lipinski definition) is 5. The quantitative estimate of drug-likeness (QED) is 0.570. The van der Waals surface area contributed by atoms with Crippen LogP contribution in [-0.4, -0.2) is 47.7 Å². The number of rotatable bonds is 1. The Morgan fingerprint density at radius 2 is 1.64 bits per heavy atom. The number of hydrogen-bond donors (Lipinski definition) is 2. The van der Waals surface area contributed by atoms with E-state index in [4.69, 9.17) is 9.47 Å². The normalized spacial score (nSPS) is 60.5. The first-order chi connectivity index (χ1) is 15.4. The molecule has 2 N–H and O–H groups in total. The highest BCUT2D eigenvalue weighted by Crippen LogP contribution is 2.89. The van der Waals surface area contributed by atoms with Gasteiger partial charge in [0.1, 0.15) is 0 Å². The third-order valence-electron chi connectivity index (χ3n) is 13.2. The monoisotopic (exact) mass is 460 g/mol. The summed E-state index contributed by atoms with van der Waals surface area (Å²) in [6.45, 7) is 11.7. The van der Waals surface area contributed by atoms with Gasteiger partial charge < -0.3 is 19.7 Å². The van der Waals surface area contributed by atoms with Gasteiger partial charge in [-0.3, -0.25) is 0 Å². The van der Waals surface area contributed by atoms with Crippen molar-refractivity contribution >= 4 is 5.97 Å². The van der Waals surface area contributed by atoms with E-state index in [9.17, 15) is 15.0 Å². The van der Waals surface area contributed by atoms with E-state index >= 15 is 0 Å². The molecule has 5 aliphatic carbocycles. The maximum atomic E-state index is 12.4. The Morgan fingerprint density at radius 1 is 0.970 bits per heavy atom. The number of fused-ring (bicyclic) bond motifs is 4. The van der Waals surface area contributed by atoms with Gasteiger partial charge in [-0.15, -0.1) is 0 Å². The van der Waals surface area contributed by atoms with Gasteiger partial charge in [-0.25, -0.2) is 4.79 Å². The van der Waals surface area contributed by atoms with Gasteiger partial charge in [0.15, 0.2) is 6.10 Å². The molecule has 6 rings (SSSR count). The van der Waals surface area contributed by atoms with Crippen molar-refractivity contribution in [3.05, 3.63) is 0 Å². The van der Waals surface area contributed by atoms with Crippen LogP contribution in [0.15, 0.2) is 0 Å². The summed E-state index contributed by atoms with van der Waals surface area (Å²) in [4.78, 5) is 12.4. The summed E-state index contributed by atoms with van der Waals surface area (Å²) in [5, 5.41) is 22.9. The molecule has 1 aliphatic heterocycles. The van der Waals surface area contributed by atoms with Crippen LogP contribution < -0.4 is 0 Å². The van der Waals surface area contributed by atoms with Gasteiger partial charge >= 0.3 is 5.97 Å². The van der Waals surface area contributed by atoms with E-state index in [1.807, 2.05) is 0 Å². The Balaban J connectivity index is 1.39. The highest BCUT2D eigenvalue weighted by atomic mass is 16.6. The van der Waals surface area contributed by atoms with Crippen LogP contribution in [0.1, 0.15) is 86.0 Å². The summed E-state index contributed by atoms with van der Waals surface area (Å²) in [5.41, 5.74) is 0.420. The molecule has 6 fully saturated rings. The lowest BCUT2D eigenvalue weighted by molar-refractivity contribution is -0.184. The van der Waals surface area contributed by atoms with Crippen LogP contribution in [0.25, 0.3) is 0 Å². The lowest BCUT2D eigenvalue weighted by Crippen LogP contribution is -2.59. The average molecular weight is 461 g/mol. The summed E-state index contributed by atoms with van der Waals surface area (Å²) in [6, 6.07) is 0. The highest BCUT2D eigenvalue weighted by molar-refractivity contribution is 5.74. The SMILES string of the molecule is COC(=O)C1C[C@@H](C)C2C(O1)[C@H](O)[C@@]1(C)[C@@H]3CCC4C(C)(C)[C@@H](O)CC[C@@]45CC35CC[C@]21C. The zero-order valence-electron chi connectivity index (χ0n) is 21.4. The molecule has 5 unspecified atom stereocenters. The van der Waals surface area contributed by atoms with Gasteiger partial charge in [-0.2, -0.15) is 0 Å². The van der Waals surface area contributed by atoms with E-state index < -0.39 is 12.2 Å². The van der Waals surface area contributed by atoms with Gasteiger partial charge in [0.2, 0.25) is 0 Å². The van der Waals surface area contributed by atoms with Crippen molar-refractivity contribution in [2.24, 2.45) is 50.7 Å². The standard InChI is InChI=1S/C28H44O5/c1-15-13-16(23(31)32-6)33-21-20(15)25(4)11-12-28-14-27(28)10-9-19(29)24(2,3)17(27)7-8-18(28)26(25,5)22(21)30/h15-22,29-30H,7-14H2,1-6H3/t15-,16?,17?,18+,19+,20?,21?,22+,25-,26-,27-,28?/m1/s1. The zero-order chi connectivity index (χ0) is 23.8. The molecule has 0 amide bonds. The molecule has 1 heterocycles. The largest absolute Gasteiger partial charge is 0.467 e. The molecule has 2 spiro atoms. The molecule has 0 bridgehead atoms. The molecule has 0 aromatic carbocycles. The minimum Gasteiger partial charge on any atom is -0.467 e. The molecule has 12 atom stereocenters. The summed E-state index contributed by atoms with van der Waals surface area (Å²) in [6.07, 6.45) is 7.09.